The van der Waals surface area contributed by atoms with Gasteiger partial charge in [0.05, 0.1) is 11.5 Å². The molecule has 0 amide bonds. The summed E-state index contributed by atoms with van der Waals surface area (Å²) in [5.41, 5.74) is 1.59. The minimum Gasteiger partial charge on any atom is -0.426 e. The van der Waals surface area contributed by atoms with Gasteiger partial charge in [0.2, 0.25) is 0 Å². The van der Waals surface area contributed by atoms with Crippen LogP contribution in [0.3, 0.4) is 0 Å². The molecule has 170 valence electrons. The van der Waals surface area contributed by atoms with Crippen molar-refractivity contribution >= 4 is 11.9 Å². The fourth-order valence-electron chi connectivity index (χ4n) is 5.21. The number of carbonyl (C=O) groups excluding carboxylic acids is 2. The Morgan fingerprint density at radius 3 is 1.75 bits per heavy atom. The van der Waals surface area contributed by atoms with Crippen LogP contribution < -0.4 is 9.47 Å². The highest BCUT2D eigenvalue weighted by atomic mass is 16.5. The largest absolute Gasteiger partial charge is 0.426 e. The summed E-state index contributed by atoms with van der Waals surface area (Å²) >= 11 is 0. The maximum absolute atomic E-state index is 12.7. The highest BCUT2D eigenvalue weighted by Crippen LogP contribution is 2.41. The molecule has 2 saturated carbocycles. The lowest BCUT2D eigenvalue weighted by molar-refractivity contribution is -0.140. The minimum atomic E-state index is -0.404. The van der Waals surface area contributed by atoms with Gasteiger partial charge in [-0.3, -0.25) is 4.79 Å². The molecule has 0 spiro atoms. The molecule has 32 heavy (non-hydrogen) atoms. The molecule has 0 heterocycles. The maximum Gasteiger partial charge on any atom is 0.343 e. The molecule has 0 bridgehead atoms. The molecular formula is C28H34O4. The molecule has 2 aliphatic carbocycles. The Balaban J connectivity index is 1.24. The lowest BCUT2D eigenvalue weighted by atomic mass is 9.69. The molecule has 0 aromatic heterocycles. The average molecular weight is 435 g/mol. The zero-order chi connectivity index (χ0) is 22.5. The van der Waals surface area contributed by atoms with Crippen molar-refractivity contribution in [3.8, 4) is 11.5 Å². The van der Waals surface area contributed by atoms with Gasteiger partial charge in [0.15, 0.2) is 0 Å². The van der Waals surface area contributed by atoms with Gasteiger partial charge < -0.3 is 9.47 Å². The van der Waals surface area contributed by atoms with Gasteiger partial charge in [0, 0.05) is 0 Å². The summed E-state index contributed by atoms with van der Waals surface area (Å²) in [6.07, 6.45) is 9.61. The Morgan fingerprint density at radius 1 is 0.688 bits per heavy atom. The van der Waals surface area contributed by atoms with Crippen LogP contribution in [0.5, 0.6) is 11.5 Å². The summed E-state index contributed by atoms with van der Waals surface area (Å²) in [6, 6.07) is 13.9. The van der Waals surface area contributed by atoms with Crippen LogP contribution in [0.4, 0.5) is 0 Å². The number of benzene rings is 2. The first-order chi connectivity index (χ1) is 15.5. The summed E-state index contributed by atoms with van der Waals surface area (Å²) in [7, 11) is 0. The number of hydrogen-bond acceptors (Lipinski definition) is 4. The molecule has 0 radical (unpaired) electrons. The van der Waals surface area contributed by atoms with Crippen LogP contribution in [-0.4, -0.2) is 11.9 Å². The minimum absolute atomic E-state index is 0.00666. The van der Waals surface area contributed by atoms with Crippen LogP contribution in [0, 0.1) is 30.6 Å². The van der Waals surface area contributed by atoms with Crippen molar-refractivity contribution in [1.82, 2.24) is 0 Å². The van der Waals surface area contributed by atoms with Gasteiger partial charge in [0.1, 0.15) is 11.5 Å². The topological polar surface area (TPSA) is 52.6 Å². The van der Waals surface area contributed by atoms with E-state index in [4.69, 9.17) is 9.47 Å². The van der Waals surface area contributed by atoms with E-state index < -0.39 is 5.97 Å². The monoisotopic (exact) mass is 434 g/mol. The SMILES string of the molecule is Cc1ccc(C(=O)Oc2ccc(OC(=O)C3CCC(C4CCC(C)CC4)CC3)cc2)cc1. The van der Waals surface area contributed by atoms with Crippen LogP contribution in [0.2, 0.25) is 0 Å². The molecule has 0 saturated heterocycles. The normalized spacial score (nSPS) is 25.7. The lowest BCUT2D eigenvalue weighted by Crippen LogP contribution is -2.29. The van der Waals surface area contributed by atoms with Crippen molar-refractivity contribution in [3.63, 3.8) is 0 Å². The van der Waals surface area contributed by atoms with E-state index in [1.807, 2.05) is 19.1 Å². The highest BCUT2D eigenvalue weighted by Gasteiger charge is 2.33. The first kappa shape index (κ1) is 22.6. The van der Waals surface area contributed by atoms with Gasteiger partial charge in [-0.05, 0) is 99.6 Å². The van der Waals surface area contributed by atoms with E-state index in [0.29, 0.717) is 17.1 Å². The molecule has 2 aliphatic rings. The number of ether oxygens (including phenoxy) is 2. The average Bonchev–Trinajstić information content (AvgIpc) is 2.81. The standard InChI is InChI=1S/C28H34O4/c1-19-3-7-21(8-4-19)22-11-13-24(14-12-22)28(30)32-26-17-15-25(16-18-26)31-27(29)23-9-5-20(2)6-10-23/h5-6,9-10,15-19,21-22,24H,3-4,7-8,11-14H2,1-2H3. The molecule has 4 rings (SSSR count). The molecule has 2 aromatic rings. The summed E-state index contributed by atoms with van der Waals surface area (Å²) in [6.45, 7) is 4.33. The molecule has 0 aliphatic heterocycles. The van der Waals surface area contributed by atoms with E-state index in [-0.39, 0.29) is 11.9 Å². The number of esters is 2. The van der Waals surface area contributed by atoms with E-state index in [0.717, 1.165) is 49.0 Å². The van der Waals surface area contributed by atoms with Crippen molar-refractivity contribution in [2.75, 3.05) is 0 Å². The maximum atomic E-state index is 12.7. The van der Waals surface area contributed by atoms with E-state index >= 15 is 0 Å². The molecule has 0 N–H and O–H groups in total. The van der Waals surface area contributed by atoms with E-state index in [1.54, 1.807) is 36.4 Å². The Bertz CT molecular complexity index is 899. The Hall–Kier alpha value is -2.62. The lowest BCUT2D eigenvalue weighted by Gasteiger charge is -2.36. The van der Waals surface area contributed by atoms with Crippen molar-refractivity contribution in [3.05, 3.63) is 59.7 Å². The fraction of sp³-hybridized carbons (Fsp3) is 0.500. The number of hydrogen-bond donors (Lipinski definition) is 0. The van der Waals surface area contributed by atoms with Gasteiger partial charge in [-0.1, -0.05) is 37.5 Å². The number of rotatable bonds is 5. The molecule has 2 fully saturated rings. The van der Waals surface area contributed by atoms with Gasteiger partial charge in [-0.15, -0.1) is 0 Å². The summed E-state index contributed by atoms with van der Waals surface area (Å²) in [4.78, 5) is 24.9. The van der Waals surface area contributed by atoms with Crippen LogP contribution in [0.25, 0.3) is 0 Å². The second-order valence-corrected chi connectivity index (χ2v) is 9.78. The Kier molecular flexibility index (Phi) is 7.29. The summed E-state index contributed by atoms with van der Waals surface area (Å²) in [5.74, 6) is 2.91. The van der Waals surface area contributed by atoms with Gasteiger partial charge in [-0.25, -0.2) is 4.79 Å². The molecule has 4 heteroatoms. The molecule has 2 aromatic carbocycles. The molecular weight excluding hydrogens is 400 g/mol. The third-order valence-electron chi connectivity index (χ3n) is 7.37. The van der Waals surface area contributed by atoms with Crippen molar-refractivity contribution in [2.45, 2.75) is 65.2 Å². The first-order valence-electron chi connectivity index (χ1n) is 12.1. The zero-order valence-corrected chi connectivity index (χ0v) is 19.2. The molecule has 0 atom stereocenters. The highest BCUT2D eigenvalue weighted by molar-refractivity contribution is 5.91. The predicted octanol–water partition coefficient (Wildman–Crippen LogP) is 6.75. The quantitative estimate of drug-likeness (QED) is 0.386. The van der Waals surface area contributed by atoms with Crippen LogP contribution in [-0.2, 0) is 4.79 Å². The van der Waals surface area contributed by atoms with E-state index in [1.165, 1.54) is 25.7 Å². The van der Waals surface area contributed by atoms with E-state index in [2.05, 4.69) is 6.92 Å². The fourth-order valence-corrected chi connectivity index (χ4v) is 5.21. The number of aryl methyl sites for hydroxylation is 1. The summed E-state index contributed by atoms with van der Waals surface area (Å²) in [5, 5.41) is 0. The zero-order valence-electron chi connectivity index (χ0n) is 19.2. The van der Waals surface area contributed by atoms with Crippen molar-refractivity contribution in [1.29, 1.82) is 0 Å². The van der Waals surface area contributed by atoms with Crippen molar-refractivity contribution in [2.24, 2.45) is 23.7 Å². The van der Waals surface area contributed by atoms with Crippen LogP contribution in [0.15, 0.2) is 48.5 Å². The van der Waals surface area contributed by atoms with Crippen LogP contribution >= 0.6 is 0 Å². The third-order valence-corrected chi connectivity index (χ3v) is 7.37. The number of carbonyl (C=O) groups is 2. The predicted molar refractivity (Wildman–Crippen MR) is 125 cm³/mol. The Labute approximate surface area is 191 Å². The smallest absolute Gasteiger partial charge is 0.343 e. The van der Waals surface area contributed by atoms with E-state index in [9.17, 15) is 9.59 Å². The van der Waals surface area contributed by atoms with Crippen molar-refractivity contribution < 1.29 is 19.1 Å². The molecule has 0 unspecified atom stereocenters. The Morgan fingerprint density at radius 2 is 1.19 bits per heavy atom. The first-order valence-corrected chi connectivity index (χ1v) is 12.1. The van der Waals surface area contributed by atoms with Crippen LogP contribution in [0.1, 0.15) is 74.2 Å². The molecule has 4 nitrogen and oxygen atoms in total. The van der Waals surface area contributed by atoms with Gasteiger partial charge in [0.25, 0.3) is 0 Å². The summed E-state index contributed by atoms with van der Waals surface area (Å²) < 4.78 is 11.0. The van der Waals surface area contributed by atoms with Gasteiger partial charge in [-0.2, -0.15) is 0 Å². The second kappa shape index (κ2) is 10.3. The second-order valence-electron chi connectivity index (χ2n) is 9.78. The van der Waals surface area contributed by atoms with Gasteiger partial charge >= 0.3 is 11.9 Å². The third kappa shape index (κ3) is 5.79.